The predicted molar refractivity (Wildman–Crippen MR) is 83.6 cm³/mol. The number of aliphatic hydroxyl groups excluding tert-OH is 1. The Morgan fingerprint density at radius 2 is 1.75 bits per heavy atom. The molecule has 0 saturated carbocycles. The van der Waals surface area contributed by atoms with Crippen molar-refractivity contribution in [3.8, 4) is 0 Å². The molecule has 112 valence electrons. The Bertz CT molecular complexity index is 434. The number of hydrogen-bond donors (Lipinski definition) is 2. The standard InChI is InChI=1S/C16H27N3O/c1-16(2,3)19-10-8-18(9-11-19)12-15(20)13-6-4-5-7-14(13)17/h4-7,15,20H,8-12,17H2,1-3H3. The van der Waals surface area contributed by atoms with Crippen LogP contribution in [0.1, 0.15) is 32.4 Å². The van der Waals surface area contributed by atoms with Gasteiger partial charge in [-0.3, -0.25) is 9.80 Å². The average molecular weight is 277 g/mol. The molecule has 0 aliphatic carbocycles. The normalized spacial score (nSPS) is 20.0. The van der Waals surface area contributed by atoms with Crippen LogP contribution in [-0.4, -0.2) is 53.2 Å². The zero-order valence-corrected chi connectivity index (χ0v) is 12.8. The molecule has 1 heterocycles. The minimum Gasteiger partial charge on any atom is -0.398 e. The van der Waals surface area contributed by atoms with Gasteiger partial charge in [-0.15, -0.1) is 0 Å². The highest BCUT2D eigenvalue weighted by Crippen LogP contribution is 2.22. The van der Waals surface area contributed by atoms with E-state index < -0.39 is 6.10 Å². The maximum Gasteiger partial charge on any atom is 0.0936 e. The Kier molecular flexibility index (Phi) is 4.68. The first kappa shape index (κ1) is 15.3. The van der Waals surface area contributed by atoms with Gasteiger partial charge in [-0.1, -0.05) is 18.2 Å². The van der Waals surface area contributed by atoms with Crippen LogP contribution in [0.25, 0.3) is 0 Å². The molecule has 1 aliphatic rings. The van der Waals surface area contributed by atoms with E-state index in [1.807, 2.05) is 24.3 Å². The summed E-state index contributed by atoms with van der Waals surface area (Å²) < 4.78 is 0. The van der Waals surface area contributed by atoms with Crippen LogP contribution in [0.3, 0.4) is 0 Å². The van der Waals surface area contributed by atoms with Crippen LogP contribution in [0, 0.1) is 0 Å². The Hall–Kier alpha value is -1.10. The third kappa shape index (κ3) is 3.72. The number of anilines is 1. The molecule has 4 heteroatoms. The fraction of sp³-hybridized carbons (Fsp3) is 0.625. The van der Waals surface area contributed by atoms with Crippen molar-refractivity contribution in [2.75, 3.05) is 38.5 Å². The molecule has 3 N–H and O–H groups in total. The van der Waals surface area contributed by atoms with Gasteiger partial charge < -0.3 is 10.8 Å². The largest absolute Gasteiger partial charge is 0.398 e. The van der Waals surface area contributed by atoms with Crippen molar-refractivity contribution in [3.63, 3.8) is 0 Å². The van der Waals surface area contributed by atoms with Gasteiger partial charge in [0.1, 0.15) is 0 Å². The third-order valence-electron chi connectivity index (χ3n) is 4.11. The Morgan fingerprint density at radius 1 is 1.15 bits per heavy atom. The van der Waals surface area contributed by atoms with E-state index >= 15 is 0 Å². The van der Waals surface area contributed by atoms with E-state index in [-0.39, 0.29) is 5.54 Å². The number of nitrogens with two attached hydrogens (primary N) is 1. The van der Waals surface area contributed by atoms with Gasteiger partial charge in [-0.2, -0.15) is 0 Å². The third-order valence-corrected chi connectivity index (χ3v) is 4.11. The highest BCUT2D eigenvalue weighted by Gasteiger charge is 2.26. The lowest BCUT2D eigenvalue weighted by Crippen LogP contribution is -2.53. The summed E-state index contributed by atoms with van der Waals surface area (Å²) in [5.74, 6) is 0. The lowest BCUT2D eigenvalue weighted by Gasteiger charge is -2.42. The van der Waals surface area contributed by atoms with Crippen LogP contribution in [0.5, 0.6) is 0 Å². The second-order valence-corrected chi connectivity index (χ2v) is 6.60. The molecular weight excluding hydrogens is 250 g/mol. The minimum absolute atomic E-state index is 0.231. The molecule has 0 bridgehead atoms. The predicted octanol–water partition coefficient (Wildman–Crippen LogP) is 1.72. The van der Waals surface area contributed by atoms with Crippen LogP contribution in [0.4, 0.5) is 5.69 Å². The number of benzene rings is 1. The molecule has 1 aliphatic heterocycles. The number of β-amino-alcohol motifs (C(OH)–C–C–N with tert-alkyl or cyclic N) is 1. The molecule has 4 nitrogen and oxygen atoms in total. The number of nitrogens with zero attached hydrogens (tertiary/aromatic N) is 2. The zero-order chi connectivity index (χ0) is 14.8. The van der Waals surface area contributed by atoms with E-state index in [0.29, 0.717) is 12.2 Å². The summed E-state index contributed by atoms with van der Waals surface area (Å²) in [5, 5.41) is 10.3. The fourth-order valence-electron chi connectivity index (χ4n) is 2.76. The van der Waals surface area contributed by atoms with Gasteiger partial charge in [-0.25, -0.2) is 0 Å². The molecule has 0 radical (unpaired) electrons. The van der Waals surface area contributed by atoms with Crippen molar-refractivity contribution in [3.05, 3.63) is 29.8 Å². The van der Waals surface area contributed by atoms with Gasteiger partial charge in [0.2, 0.25) is 0 Å². The molecule has 20 heavy (non-hydrogen) atoms. The topological polar surface area (TPSA) is 52.7 Å². The minimum atomic E-state index is -0.502. The summed E-state index contributed by atoms with van der Waals surface area (Å²) in [4.78, 5) is 4.81. The molecule has 0 amide bonds. The van der Waals surface area contributed by atoms with E-state index in [2.05, 4.69) is 30.6 Å². The number of aliphatic hydroxyl groups is 1. The van der Waals surface area contributed by atoms with Gasteiger partial charge >= 0.3 is 0 Å². The molecule has 1 fully saturated rings. The molecule has 2 rings (SSSR count). The Labute approximate surface area is 122 Å². The lowest BCUT2D eigenvalue weighted by atomic mass is 10.0. The number of piperazine rings is 1. The molecule has 1 saturated heterocycles. The second-order valence-electron chi connectivity index (χ2n) is 6.60. The number of rotatable bonds is 3. The molecule has 0 aromatic heterocycles. The highest BCUT2D eigenvalue weighted by atomic mass is 16.3. The van der Waals surface area contributed by atoms with Crippen molar-refractivity contribution in [1.29, 1.82) is 0 Å². The van der Waals surface area contributed by atoms with Crippen LogP contribution in [-0.2, 0) is 0 Å². The van der Waals surface area contributed by atoms with E-state index in [4.69, 9.17) is 5.73 Å². The maximum atomic E-state index is 10.3. The van der Waals surface area contributed by atoms with E-state index in [0.717, 1.165) is 31.7 Å². The lowest BCUT2D eigenvalue weighted by molar-refractivity contribution is 0.0364. The number of nitrogen functional groups attached to an aromatic ring is 1. The summed E-state index contributed by atoms with van der Waals surface area (Å²) in [5.41, 5.74) is 7.66. The Balaban J connectivity index is 1.88. The van der Waals surface area contributed by atoms with Gasteiger partial charge in [0.15, 0.2) is 0 Å². The van der Waals surface area contributed by atoms with E-state index in [9.17, 15) is 5.11 Å². The second kappa shape index (κ2) is 6.12. The van der Waals surface area contributed by atoms with Gasteiger partial charge in [-0.05, 0) is 26.8 Å². The number of hydrogen-bond acceptors (Lipinski definition) is 4. The molecular formula is C16H27N3O. The molecule has 0 spiro atoms. The SMILES string of the molecule is CC(C)(C)N1CCN(CC(O)c2ccccc2N)CC1. The van der Waals surface area contributed by atoms with Crippen molar-refractivity contribution in [2.45, 2.75) is 32.4 Å². The van der Waals surface area contributed by atoms with Crippen molar-refractivity contribution >= 4 is 5.69 Å². The maximum absolute atomic E-state index is 10.3. The smallest absolute Gasteiger partial charge is 0.0936 e. The summed E-state index contributed by atoms with van der Waals surface area (Å²) >= 11 is 0. The van der Waals surface area contributed by atoms with E-state index in [1.165, 1.54) is 0 Å². The van der Waals surface area contributed by atoms with Crippen molar-refractivity contribution in [2.24, 2.45) is 0 Å². The van der Waals surface area contributed by atoms with Gasteiger partial charge in [0.25, 0.3) is 0 Å². The van der Waals surface area contributed by atoms with E-state index in [1.54, 1.807) is 0 Å². The highest BCUT2D eigenvalue weighted by molar-refractivity contribution is 5.47. The Morgan fingerprint density at radius 3 is 2.30 bits per heavy atom. The zero-order valence-electron chi connectivity index (χ0n) is 12.8. The number of para-hydroxylation sites is 1. The monoisotopic (exact) mass is 277 g/mol. The first-order chi connectivity index (χ1) is 9.38. The quantitative estimate of drug-likeness (QED) is 0.826. The van der Waals surface area contributed by atoms with Crippen molar-refractivity contribution < 1.29 is 5.11 Å². The summed E-state index contributed by atoms with van der Waals surface area (Å²) in [6, 6.07) is 7.57. The fourth-order valence-corrected chi connectivity index (χ4v) is 2.76. The molecule has 1 aromatic rings. The first-order valence-corrected chi connectivity index (χ1v) is 7.38. The molecule has 1 unspecified atom stereocenters. The molecule has 1 aromatic carbocycles. The van der Waals surface area contributed by atoms with Crippen LogP contribution in [0.2, 0.25) is 0 Å². The van der Waals surface area contributed by atoms with Gasteiger partial charge in [0, 0.05) is 49.5 Å². The van der Waals surface area contributed by atoms with Crippen LogP contribution >= 0.6 is 0 Å². The van der Waals surface area contributed by atoms with Crippen LogP contribution < -0.4 is 5.73 Å². The molecule has 1 atom stereocenters. The summed E-state index contributed by atoms with van der Waals surface area (Å²) in [6.07, 6.45) is -0.502. The summed E-state index contributed by atoms with van der Waals surface area (Å²) in [6.45, 7) is 11.5. The van der Waals surface area contributed by atoms with Gasteiger partial charge in [0.05, 0.1) is 6.10 Å². The van der Waals surface area contributed by atoms with Crippen LogP contribution in [0.15, 0.2) is 24.3 Å². The van der Waals surface area contributed by atoms with Crippen molar-refractivity contribution in [1.82, 2.24) is 9.80 Å². The summed E-state index contributed by atoms with van der Waals surface area (Å²) in [7, 11) is 0. The average Bonchev–Trinajstić information content (AvgIpc) is 2.38. The first-order valence-electron chi connectivity index (χ1n) is 7.38.